The van der Waals surface area contributed by atoms with Crippen LogP contribution in [0.25, 0.3) is 0 Å². The molecule has 0 bridgehead atoms. The van der Waals surface area contributed by atoms with Crippen molar-refractivity contribution in [2.24, 2.45) is 5.92 Å². The number of carboxylic acid groups (broad SMARTS) is 1. The Morgan fingerprint density at radius 3 is 2.87 bits per heavy atom. The summed E-state index contributed by atoms with van der Waals surface area (Å²) >= 11 is 1.24. The molecule has 1 aromatic rings. The largest absolute Gasteiger partial charge is 0.480 e. The summed E-state index contributed by atoms with van der Waals surface area (Å²) in [5.74, 6) is -1.52. The Balaban J connectivity index is 1.80. The van der Waals surface area contributed by atoms with E-state index in [4.69, 9.17) is 4.74 Å². The summed E-state index contributed by atoms with van der Waals surface area (Å²) in [7, 11) is 0. The zero-order valence-electron chi connectivity index (χ0n) is 12.7. The molecular formula is C16H20FNO4S. The van der Waals surface area contributed by atoms with Crippen molar-refractivity contribution >= 4 is 23.6 Å². The number of amides is 1. The van der Waals surface area contributed by atoms with Crippen molar-refractivity contribution in [3.05, 3.63) is 30.1 Å². The van der Waals surface area contributed by atoms with E-state index in [1.54, 1.807) is 18.2 Å². The van der Waals surface area contributed by atoms with Crippen LogP contribution in [0, 0.1) is 11.7 Å². The van der Waals surface area contributed by atoms with Crippen LogP contribution in [0.5, 0.6) is 0 Å². The smallest absolute Gasteiger partial charge is 0.326 e. The lowest BCUT2D eigenvalue weighted by Crippen LogP contribution is -2.48. The maximum absolute atomic E-state index is 13.5. The molecule has 1 fully saturated rings. The first-order chi connectivity index (χ1) is 11.1. The zero-order chi connectivity index (χ0) is 16.7. The van der Waals surface area contributed by atoms with Gasteiger partial charge >= 0.3 is 5.97 Å². The van der Waals surface area contributed by atoms with E-state index in [1.807, 2.05) is 0 Å². The topological polar surface area (TPSA) is 75.6 Å². The normalized spacial score (nSPS) is 19.1. The fourth-order valence-electron chi connectivity index (χ4n) is 2.47. The van der Waals surface area contributed by atoms with Crippen LogP contribution in [0.1, 0.15) is 19.3 Å². The van der Waals surface area contributed by atoms with Gasteiger partial charge in [-0.05, 0) is 25.0 Å². The average Bonchev–Trinajstić information content (AvgIpc) is 2.55. The molecule has 2 N–H and O–H groups in total. The minimum Gasteiger partial charge on any atom is -0.480 e. The number of halogens is 1. The van der Waals surface area contributed by atoms with Crippen molar-refractivity contribution in [1.82, 2.24) is 5.32 Å². The summed E-state index contributed by atoms with van der Waals surface area (Å²) in [5.41, 5.74) is 0. The van der Waals surface area contributed by atoms with Crippen molar-refractivity contribution < 1.29 is 23.8 Å². The number of carboxylic acids is 1. The molecule has 7 heteroatoms. The van der Waals surface area contributed by atoms with E-state index in [-0.39, 0.29) is 24.1 Å². The molecule has 0 radical (unpaired) electrons. The number of carbonyl (C=O) groups excluding carboxylic acids is 1. The van der Waals surface area contributed by atoms with Crippen molar-refractivity contribution in [2.45, 2.75) is 30.2 Å². The van der Waals surface area contributed by atoms with Gasteiger partial charge in [0.25, 0.3) is 0 Å². The molecular weight excluding hydrogens is 321 g/mol. The summed E-state index contributed by atoms with van der Waals surface area (Å²) < 4.78 is 18.7. The first-order valence-electron chi connectivity index (χ1n) is 7.55. The fraction of sp³-hybridized carbons (Fsp3) is 0.500. The van der Waals surface area contributed by atoms with Gasteiger partial charge in [-0.2, -0.15) is 0 Å². The minimum absolute atomic E-state index is 0.135. The number of hydrogen-bond donors (Lipinski definition) is 2. The van der Waals surface area contributed by atoms with Crippen molar-refractivity contribution in [1.29, 1.82) is 0 Å². The molecule has 0 aromatic heterocycles. The van der Waals surface area contributed by atoms with E-state index in [2.05, 4.69) is 5.32 Å². The quantitative estimate of drug-likeness (QED) is 0.744. The molecule has 1 amide bonds. The van der Waals surface area contributed by atoms with Gasteiger partial charge in [0, 0.05) is 29.6 Å². The van der Waals surface area contributed by atoms with Gasteiger partial charge in [-0.15, -0.1) is 11.8 Å². The van der Waals surface area contributed by atoms with E-state index in [0.717, 1.165) is 12.8 Å². The average molecular weight is 341 g/mol. The molecule has 0 spiro atoms. The highest BCUT2D eigenvalue weighted by molar-refractivity contribution is 7.99. The van der Waals surface area contributed by atoms with Crippen LogP contribution >= 0.6 is 11.8 Å². The van der Waals surface area contributed by atoms with Gasteiger partial charge in [0.05, 0.1) is 6.61 Å². The molecule has 126 valence electrons. The van der Waals surface area contributed by atoms with Crippen molar-refractivity contribution in [2.75, 3.05) is 19.0 Å². The van der Waals surface area contributed by atoms with Crippen LogP contribution in [0.15, 0.2) is 29.2 Å². The summed E-state index contributed by atoms with van der Waals surface area (Å²) in [6, 6.07) is 5.43. The van der Waals surface area contributed by atoms with E-state index in [1.165, 1.54) is 17.8 Å². The Kier molecular flexibility index (Phi) is 6.85. The Labute approximate surface area is 138 Å². The number of thioether (sulfide) groups is 1. The summed E-state index contributed by atoms with van der Waals surface area (Å²) in [6.45, 7) is 0.983. The van der Waals surface area contributed by atoms with Gasteiger partial charge in [0.2, 0.25) is 5.91 Å². The minimum atomic E-state index is -1.05. The molecule has 0 aliphatic carbocycles. The molecule has 1 aliphatic rings. The predicted molar refractivity (Wildman–Crippen MR) is 84.9 cm³/mol. The number of carbonyl (C=O) groups is 2. The van der Waals surface area contributed by atoms with Gasteiger partial charge in [-0.1, -0.05) is 12.1 Å². The zero-order valence-corrected chi connectivity index (χ0v) is 13.5. The maximum Gasteiger partial charge on any atom is 0.326 e. The lowest BCUT2D eigenvalue weighted by atomic mass is 9.93. The molecule has 5 nitrogen and oxygen atoms in total. The number of aliphatic carboxylic acids is 1. The second-order valence-corrected chi connectivity index (χ2v) is 6.53. The predicted octanol–water partition coefficient (Wildman–Crippen LogP) is 2.30. The second-order valence-electron chi connectivity index (χ2n) is 5.39. The molecule has 0 saturated carbocycles. The Hall–Kier alpha value is -1.60. The van der Waals surface area contributed by atoms with Crippen LogP contribution in [0.3, 0.4) is 0 Å². The van der Waals surface area contributed by atoms with Crippen LogP contribution in [0.4, 0.5) is 4.39 Å². The van der Waals surface area contributed by atoms with Crippen LogP contribution in [-0.4, -0.2) is 42.0 Å². The van der Waals surface area contributed by atoms with Crippen LogP contribution < -0.4 is 5.32 Å². The first kappa shape index (κ1) is 17.7. The van der Waals surface area contributed by atoms with Gasteiger partial charge in [-0.3, -0.25) is 4.79 Å². The summed E-state index contributed by atoms with van der Waals surface area (Å²) in [5, 5.41) is 11.9. The third-order valence-corrected chi connectivity index (χ3v) is 4.72. The molecule has 2 unspecified atom stereocenters. The van der Waals surface area contributed by atoms with Crippen LogP contribution in [-0.2, 0) is 14.3 Å². The number of benzene rings is 1. The highest BCUT2D eigenvalue weighted by atomic mass is 32.2. The number of nitrogens with one attached hydrogen (secondary N) is 1. The van der Waals surface area contributed by atoms with E-state index in [0.29, 0.717) is 23.9 Å². The maximum atomic E-state index is 13.5. The SMILES string of the molecule is O=C(CCSc1ccccc1F)NC(C(=O)O)C1CCCOC1. The monoisotopic (exact) mass is 341 g/mol. The van der Waals surface area contributed by atoms with Gasteiger partial charge in [0.1, 0.15) is 11.9 Å². The number of rotatable bonds is 7. The molecule has 1 aliphatic heterocycles. The van der Waals surface area contributed by atoms with E-state index >= 15 is 0 Å². The lowest BCUT2D eigenvalue weighted by molar-refractivity contribution is -0.145. The third kappa shape index (κ3) is 5.51. The van der Waals surface area contributed by atoms with Crippen molar-refractivity contribution in [3.63, 3.8) is 0 Å². The highest BCUT2D eigenvalue weighted by Crippen LogP contribution is 2.22. The summed E-state index contributed by atoms with van der Waals surface area (Å²) in [4.78, 5) is 23.8. The van der Waals surface area contributed by atoms with Crippen LogP contribution in [0.2, 0.25) is 0 Å². The Morgan fingerprint density at radius 1 is 1.43 bits per heavy atom. The van der Waals surface area contributed by atoms with Gasteiger partial charge in [-0.25, -0.2) is 9.18 Å². The number of ether oxygens (including phenoxy) is 1. The first-order valence-corrected chi connectivity index (χ1v) is 8.53. The number of hydrogen-bond acceptors (Lipinski definition) is 4. The fourth-order valence-corrected chi connectivity index (χ4v) is 3.36. The highest BCUT2D eigenvalue weighted by Gasteiger charge is 2.31. The standard InChI is InChI=1S/C16H20FNO4S/c17-12-5-1-2-6-13(12)23-9-7-14(19)18-15(16(20)21)11-4-3-8-22-10-11/h1-2,5-6,11,15H,3-4,7-10H2,(H,18,19)(H,20,21). The van der Waals surface area contributed by atoms with Crippen molar-refractivity contribution in [3.8, 4) is 0 Å². The molecule has 1 aromatic carbocycles. The van der Waals surface area contributed by atoms with E-state index < -0.39 is 12.0 Å². The molecule has 1 saturated heterocycles. The lowest BCUT2D eigenvalue weighted by Gasteiger charge is -2.28. The van der Waals surface area contributed by atoms with Gasteiger partial charge < -0.3 is 15.2 Å². The molecule has 23 heavy (non-hydrogen) atoms. The third-order valence-electron chi connectivity index (χ3n) is 3.67. The molecule has 2 rings (SSSR count). The second kappa shape index (κ2) is 8.88. The molecule has 1 heterocycles. The van der Waals surface area contributed by atoms with E-state index in [9.17, 15) is 19.1 Å². The molecule has 2 atom stereocenters. The van der Waals surface area contributed by atoms with Gasteiger partial charge in [0.15, 0.2) is 0 Å². The Morgan fingerprint density at radius 2 is 2.22 bits per heavy atom. The Bertz CT molecular complexity index is 549. The summed E-state index contributed by atoms with van der Waals surface area (Å²) in [6.07, 6.45) is 1.66.